The number of fused-ring (bicyclic) bond motifs is 6. The van der Waals surface area contributed by atoms with Crippen LogP contribution in [0.5, 0.6) is 0 Å². The molecule has 1 fully saturated rings. The first kappa shape index (κ1) is 24.9. The average Bonchev–Trinajstić information content (AvgIpc) is 2.74. The number of ether oxygens (including phenoxy) is 1. The van der Waals surface area contributed by atoms with E-state index in [2.05, 4.69) is 54.5 Å². The number of aliphatic hydroxyl groups is 1. The van der Waals surface area contributed by atoms with Crippen LogP contribution in [-0.2, 0) is 14.0 Å². The first-order valence-corrected chi connectivity index (χ1v) is 15.0. The van der Waals surface area contributed by atoms with Crippen molar-refractivity contribution in [3.05, 3.63) is 22.8 Å². The maximum absolute atomic E-state index is 12.5. The van der Waals surface area contributed by atoms with Crippen molar-refractivity contribution >= 4 is 14.6 Å². The van der Waals surface area contributed by atoms with Gasteiger partial charge in [-0.2, -0.15) is 0 Å². The molecule has 6 atom stereocenters. The molecule has 4 rings (SSSR count). The fourth-order valence-corrected chi connectivity index (χ4v) is 9.15. The quantitative estimate of drug-likeness (QED) is 0.309. The predicted octanol–water partition coefficient (Wildman–Crippen LogP) is 5.96. The molecule has 0 saturated carbocycles. The molecular weight excluding hydrogens is 404 g/mol. The second kappa shape index (κ2) is 9.24. The van der Waals surface area contributed by atoms with Crippen molar-refractivity contribution in [1.82, 2.24) is 0 Å². The lowest BCUT2D eigenvalue weighted by Gasteiger charge is -2.55. The standard InChI is InChI=1S/C26H44O4Si/c1-8-31(9-2,10-3)30-24-23(28)22-20(17-27)25(6)15-13-18(4)12-11-14-26(24,7)29-21(22)16-19(25)5/h12,17,19,21,23-24,28H,8-11,13-16H2,1-7H3/b18-12+/t19-,21-,23-,24-,25+,26+/m1/s1. The van der Waals surface area contributed by atoms with Crippen LogP contribution in [0.1, 0.15) is 80.6 Å². The molecule has 2 heterocycles. The molecule has 31 heavy (non-hydrogen) atoms. The molecule has 0 amide bonds. The Hall–Kier alpha value is -0.753. The third-order valence-corrected chi connectivity index (χ3v) is 13.8. The number of aliphatic hydroxyl groups excluding tert-OH is 1. The summed E-state index contributed by atoms with van der Waals surface area (Å²) < 4.78 is 13.8. The van der Waals surface area contributed by atoms with Gasteiger partial charge < -0.3 is 14.3 Å². The van der Waals surface area contributed by atoms with Gasteiger partial charge in [0.1, 0.15) is 18.5 Å². The summed E-state index contributed by atoms with van der Waals surface area (Å²) in [7, 11) is -1.99. The zero-order valence-electron chi connectivity index (χ0n) is 20.8. The number of hydrogen-bond acceptors (Lipinski definition) is 4. The Balaban J connectivity index is 2.18. The minimum Gasteiger partial charge on any atom is -0.408 e. The maximum atomic E-state index is 12.5. The molecule has 0 unspecified atom stereocenters. The molecule has 1 saturated heterocycles. The van der Waals surface area contributed by atoms with Crippen molar-refractivity contribution in [1.29, 1.82) is 0 Å². The van der Waals surface area contributed by atoms with Crippen molar-refractivity contribution in [2.45, 2.75) is 123 Å². The highest BCUT2D eigenvalue weighted by molar-refractivity contribution is 6.73. The molecule has 4 nitrogen and oxygen atoms in total. The van der Waals surface area contributed by atoms with Crippen molar-refractivity contribution in [2.75, 3.05) is 0 Å². The highest BCUT2D eigenvalue weighted by atomic mass is 28.4. The fourth-order valence-electron chi connectivity index (χ4n) is 6.23. The van der Waals surface area contributed by atoms with Crippen LogP contribution in [-0.4, -0.2) is 43.6 Å². The van der Waals surface area contributed by atoms with E-state index in [0.717, 1.165) is 67.7 Å². The third-order valence-electron chi connectivity index (χ3n) is 9.15. The van der Waals surface area contributed by atoms with Gasteiger partial charge in [-0.3, -0.25) is 4.79 Å². The zero-order valence-corrected chi connectivity index (χ0v) is 21.8. The van der Waals surface area contributed by atoms with Crippen LogP contribution in [0.3, 0.4) is 0 Å². The SMILES string of the molecule is CC[Si](CC)(CC)O[C@@H]1[C@H](O)C2=C(C=O)[C@@]3(C)CC/C(C)=C/CC[C@]1(C)O[C@@H]2C[C@H]3C. The monoisotopic (exact) mass is 448 g/mol. The summed E-state index contributed by atoms with van der Waals surface area (Å²) in [5.41, 5.74) is 2.14. The minimum absolute atomic E-state index is 0.200. The van der Waals surface area contributed by atoms with E-state index in [-0.39, 0.29) is 11.5 Å². The summed E-state index contributed by atoms with van der Waals surface area (Å²) in [5.74, 6) is 0.318. The van der Waals surface area contributed by atoms with Crippen molar-refractivity contribution in [3.8, 4) is 0 Å². The first-order valence-electron chi connectivity index (χ1n) is 12.5. The molecule has 0 aromatic rings. The molecule has 4 aliphatic rings. The zero-order chi connectivity index (χ0) is 23.0. The summed E-state index contributed by atoms with van der Waals surface area (Å²) in [6.45, 7) is 15.4. The van der Waals surface area contributed by atoms with E-state index in [9.17, 15) is 9.90 Å². The molecule has 5 heteroatoms. The van der Waals surface area contributed by atoms with E-state index in [1.807, 2.05) is 0 Å². The molecule has 2 aliphatic heterocycles. The Kier molecular flexibility index (Phi) is 7.42. The fraction of sp³-hybridized carbons (Fsp3) is 0.808. The molecule has 176 valence electrons. The Labute approximate surface area is 190 Å². The van der Waals surface area contributed by atoms with E-state index in [0.29, 0.717) is 5.92 Å². The summed E-state index contributed by atoms with van der Waals surface area (Å²) in [6.07, 6.45) is 6.44. The van der Waals surface area contributed by atoms with Gasteiger partial charge >= 0.3 is 0 Å². The molecule has 0 radical (unpaired) electrons. The third kappa shape index (κ3) is 4.28. The predicted molar refractivity (Wildman–Crippen MR) is 129 cm³/mol. The Bertz CT molecular complexity index is 731. The number of allylic oxidation sites excluding steroid dienone is 3. The molecule has 0 aromatic carbocycles. The van der Waals surface area contributed by atoms with Crippen LogP contribution in [0.2, 0.25) is 18.1 Å². The lowest BCUT2D eigenvalue weighted by molar-refractivity contribution is -0.199. The highest BCUT2D eigenvalue weighted by Gasteiger charge is 2.56. The number of carbonyl (C=O) groups is 1. The maximum Gasteiger partial charge on any atom is 0.192 e. The van der Waals surface area contributed by atoms with Crippen LogP contribution < -0.4 is 0 Å². The Morgan fingerprint density at radius 3 is 2.45 bits per heavy atom. The second-order valence-corrected chi connectivity index (χ2v) is 15.5. The van der Waals surface area contributed by atoms with Gasteiger partial charge in [0.2, 0.25) is 0 Å². The molecule has 4 bridgehead atoms. The van der Waals surface area contributed by atoms with Gasteiger partial charge in [-0.25, -0.2) is 0 Å². The summed E-state index contributed by atoms with van der Waals surface area (Å²) in [5, 5.41) is 11.8. The summed E-state index contributed by atoms with van der Waals surface area (Å²) in [4.78, 5) is 12.5. The van der Waals surface area contributed by atoms with E-state index in [4.69, 9.17) is 9.16 Å². The van der Waals surface area contributed by atoms with Crippen molar-refractivity contribution < 1.29 is 19.1 Å². The topological polar surface area (TPSA) is 55.8 Å². The molecule has 0 aromatic heterocycles. The van der Waals surface area contributed by atoms with Gasteiger partial charge in [0, 0.05) is 5.57 Å². The number of hydrogen-bond donors (Lipinski definition) is 1. The highest BCUT2D eigenvalue weighted by Crippen LogP contribution is 2.53. The van der Waals surface area contributed by atoms with Crippen LogP contribution in [0.15, 0.2) is 22.8 Å². The van der Waals surface area contributed by atoms with Gasteiger partial charge in [0.15, 0.2) is 8.32 Å². The van der Waals surface area contributed by atoms with Crippen LogP contribution in [0.25, 0.3) is 0 Å². The molecular formula is C26H44O4Si. The lowest BCUT2D eigenvalue weighted by Crippen LogP contribution is -2.63. The summed E-state index contributed by atoms with van der Waals surface area (Å²) in [6, 6.07) is 3.07. The Morgan fingerprint density at radius 1 is 1.23 bits per heavy atom. The van der Waals surface area contributed by atoms with Gasteiger partial charge in [0.25, 0.3) is 0 Å². The first-order chi connectivity index (χ1) is 14.6. The summed E-state index contributed by atoms with van der Waals surface area (Å²) >= 11 is 0. The van der Waals surface area contributed by atoms with Crippen LogP contribution in [0.4, 0.5) is 0 Å². The van der Waals surface area contributed by atoms with Gasteiger partial charge in [-0.1, -0.05) is 46.3 Å². The average molecular weight is 449 g/mol. The Morgan fingerprint density at radius 2 is 1.87 bits per heavy atom. The van der Waals surface area contributed by atoms with E-state index >= 15 is 0 Å². The smallest absolute Gasteiger partial charge is 0.192 e. The van der Waals surface area contributed by atoms with E-state index in [1.165, 1.54) is 5.57 Å². The van der Waals surface area contributed by atoms with Gasteiger partial charge in [0.05, 0.1) is 11.7 Å². The van der Waals surface area contributed by atoms with Gasteiger partial charge in [-0.15, -0.1) is 0 Å². The second-order valence-electron chi connectivity index (χ2n) is 10.8. The van der Waals surface area contributed by atoms with Crippen molar-refractivity contribution in [3.63, 3.8) is 0 Å². The molecule has 2 aliphatic carbocycles. The van der Waals surface area contributed by atoms with E-state index in [1.54, 1.807) is 0 Å². The lowest BCUT2D eigenvalue weighted by atomic mass is 9.59. The molecule has 1 N–H and O–H groups in total. The van der Waals surface area contributed by atoms with Crippen LogP contribution in [0, 0.1) is 11.3 Å². The minimum atomic E-state index is -1.99. The number of rotatable bonds is 6. The largest absolute Gasteiger partial charge is 0.408 e. The van der Waals surface area contributed by atoms with Crippen molar-refractivity contribution in [2.24, 2.45) is 11.3 Å². The van der Waals surface area contributed by atoms with Crippen LogP contribution >= 0.6 is 0 Å². The number of aldehydes is 1. The number of carbonyl (C=O) groups excluding carboxylic acids is 1. The normalized spacial score (nSPS) is 40.8. The van der Waals surface area contributed by atoms with E-state index < -0.39 is 26.1 Å². The van der Waals surface area contributed by atoms with Gasteiger partial charge in [-0.05, 0) is 81.0 Å². The molecule has 0 spiro atoms.